The fourth-order valence-corrected chi connectivity index (χ4v) is 3.71. The molecule has 0 bridgehead atoms. The van der Waals surface area contributed by atoms with Crippen LogP contribution < -0.4 is 5.32 Å². The third-order valence-electron chi connectivity index (χ3n) is 4.12. The summed E-state index contributed by atoms with van der Waals surface area (Å²) >= 11 is 13.6. The number of carbonyl (C=O) groups excluding carboxylic acids is 2. The number of rotatable bonds is 8. The lowest BCUT2D eigenvalue weighted by atomic mass is 10.1. The van der Waals surface area contributed by atoms with Crippen LogP contribution in [0.4, 0.5) is 0 Å². The molecule has 0 spiro atoms. The minimum Gasteiger partial charge on any atom is -0.357 e. The normalized spacial score (nSPS) is 11.7. The lowest BCUT2D eigenvalue weighted by molar-refractivity contribution is -0.138. The van der Waals surface area contributed by atoms with Crippen LogP contribution in [-0.4, -0.2) is 35.6 Å². The van der Waals surface area contributed by atoms with Crippen LogP contribution in [0.5, 0.6) is 0 Å². The molecule has 2 aromatic carbocycles. The van der Waals surface area contributed by atoms with Crippen molar-refractivity contribution in [3.8, 4) is 0 Å². The van der Waals surface area contributed by atoms with Crippen LogP contribution in [0.2, 0.25) is 10.0 Å². The summed E-state index contributed by atoms with van der Waals surface area (Å²) in [6, 6.07) is 14.3. The van der Waals surface area contributed by atoms with Crippen molar-refractivity contribution in [2.45, 2.75) is 25.3 Å². The Morgan fingerprint density at radius 1 is 1.11 bits per heavy atom. The highest BCUT2D eigenvalue weighted by Gasteiger charge is 2.25. The van der Waals surface area contributed by atoms with Gasteiger partial charge in [0, 0.05) is 29.4 Å². The SMILES string of the molecule is CNC(=O)[C@H](C)N(Cc1ccccc1Cl)C(=O)CSCc1ccc(Cl)cc1. The van der Waals surface area contributed by atoms with Gasteiger partial charge in [-0.3, -0.25) is 9.59 Å². The van der Waals surface area contributed by atoms with Crippen LogP contribution >= 0.6 is 35.0 Å². The second-order valence-corrected chi connectivity index (χ2v) is 7.85. The van der Waals surface area contributed by atoms with Crippen molar-refractivity contribution >= 4 is 46.8 Å². The summed E-state index contributed by atoms with van der Waals surface area (Å²) in [4.78, 5) is 26.5. The molecule has 27 heavy (non-hydrogen) atoms. The van der Waals surface area contributed by atoms with Crippen molar-refractivity contribution < 1.29 is 9.59 Å². The van der Waals surface area contributed by atoms with Gasteiger partial charge in [0.15, 0.2) is 0 Å². The highest BCUT2D eigenvalue weighted by Crippen LogP contribution is 2.21. The van der Waals surface area contributed by atoms with Gasteiger partial charge in [-0.2, -0.15) is 0 Å². The summed E-state index contributed by atoms with van der Waals surface area (Å²) in [6.07, 6.45) is 0. The Morgan fingerprint density at radius 2 is 1.78 bits per heavy atom. The molecule has 0 fully saturated rings. The number of benzene rings is 2. The zero-order chi connectivity index (χ0) is 19.8. The predicted octanol–water partition coefficient (Wildman–Crippen LogP) is 4.39. The molecule has 0 aliphatic heterocycles. The molecule has 0 saturated heterocycles. The number of nitrogens with zero attached hydrogens (tertiary/aromatic N) is 1. The van der Waals surface area contributed by atoms with Crippen LogP contribution in [0.1, 0.15) is 18.1 Å². The first kappa shape index (κ1) is 21.6. The van der Waals surface area contributed by atoms with Gasteiger partial charge in [-0.25, -0.2) is 0 Å². The molecule has 1 atom stereocenters. The van der Waals surface area contributed by atoms with Crippen LogP contribution in [-0.2, 0) is 21.9 Å². The maximum atomic E-state index is 12.8. The summed E-state index contributed by atoms with van der Waals surface area (Å²) < 4.78 is 0. The fraction of sp³-hybridized carbons (Fsp3) is 0.300. The first-order chi connectivity index (χ1) is 12.9. The van der Waals surface area contributed by atoms with E-state index in [1.807, 2.05) is 42.5 Å². The van der Waals surface area contributed by atoms with Gasteiger partial charge >= 0.3 is 0 Å². The second-order valence-electron chi connectivity index (χ2n) is 6.02. The molecular formula is C20H22Cl2N2O2S. The molecule has 0 heterocycles. The standard InChI is InChI=1S/C20H22Cl2N2O2S/c1-14(20(26)23-2)24(11-16-5-3-4-6-18(16)22)19(25)13-27-12-15-7-9-17(21)10-8-15/h3-10,14H,11-13H2,1-2H3,(H,23,26)/t14-/m0/s1. The third kappa shape index (κ3) is 6.45. The number of amides is 2. The van der Waals surface area contributed by atoms with Gasteiger partial charge < -0.3 is 10.2 Å². The van der Waals surface area contributed by atoms with Gasteiger partial charge in [-0.15, -0.1) is 11.8 Å². The van der Waals surface area contributed by atoms with Crippen LogP contribution in [0.25, 0.3) is 0 Å². The summed E-state index contributed by atoms with van der Waals surface area (Å²) in [7, 11) is 1.56. The molecule has 0 saturated carbocycles. The van der Waals surface area contributed by atoms with Gasteiger partial charge in [0.05, 0.1) is 5.75 Å². The zero-order valence-electron chi connectivity index (χ0n) is 15.2. The number of hydrogen-bond acceptors (Lipinski definition) is 3. The maximum absolute atomic E-state index is 12.8. The minimum atomic E-state index is -0.588. The third-order valence-corrected chi connectivity index (χ3v) is 5.73. The molecule has 2 amide bonds. The van der Waals surface area contributed by atoms with Gasteiger partial charge in [0.25, 0.3) is 0 Å². The first-order valence-corrected chi connectivity index (χ1v) is 10.4. The van der Waals surface area contributed by atoms with Crippen molar-refractivity contribution in [1.29, 1.82) is 0 Å². The highest BCUT2D eigenvalue weighted by molar-refractivity contribution is 7.99. The summed E-state index contributed by atoms with van der Waals surface area (Å²) in [5.41, 5.74) is 1.90. The van der Waals surface area contributed by atoms with E-state index in [0.717, 1.165) is 11.1 Å². The molecule has 2 rings (SSSR count). The molecule has 0 radical (unpaired) electrons. The Morgan fingerprint density at radius 3 is 2.41 bits per heavy atom. The number of hydrogen-bond donors (Lipinski definition) is 1. The van der Waals surface area contributed by atoms with E-state index < -0.39 is 6.04 Å². The molecule has 0 aliphatic carbocycles. The van der Waals surface area contributed by atoms with E-state index in [1.165, 1.54) is 11.8 Å². The van der Waals surface area contributed by atoms with Crippen LogP contribution in [0, 0.1) is 0 Å². The van der Waals surface area contributed by atoms with E-state index in [0.29, 0.717) is 15.8 Å². The van der Waals surface area contributed by atoms with Gasteiger partial charge in [0.2, 0.25) is 11.8 Å². The molecular weight excluding hydrogens is 403 g/mol. The Hall–Kier alpha value is -1.69. The Kier molecular flexibility index (Phi) is 8.48. The molecule has 2 aromatic rings. The Labute approximate surface area is 174 Å². The van der Waals surface area contributed by atoms with Gasteiger partial charge in [-0.05, 0) is 36.2 Å². The summed E-state index contributed by atoms with van der Waals surface area (Å²) in [5, 5.41) is 3.86. The first-order valence-electron chi connectivity index (χ1n) is 8.49. The predicted molar refractivity (Wildman–Crippen MR) is 113 cm³/mol. The zero-order valence-corrected chi connectivity index (χ0v) is 17.6. The maximum Gasteiger partial charge on any atom is 0.242 e. The van der Waals surface area contributed by atoms with E-state index in [9.17, 15) is 9.59 Å². The molecule has 0 unspecified atom stereocenters. The van der Waals surface area contributed by atoms with Gasteiger partial charge in [-0.1, -0.05) is 53.5 Å². The van der Waals surface area contributed by atoms with Crippen molar-refractivity contribution in [2.24, 2.45) is 0 Å². The van der Waals surface area contributed by atoms with Gasteiger partial charge in [0.1, 0.15) is 6.04 Å². The number of carbonyl (C=O) groups is 2. The van der Waals surface area contributed by atoms with Crippen molar-refractivity contribution in [3.05, 3.63) is 69.7 Å². The number of likely N-dealkylation sites (N-methyl/N-ethyl adjacent to an activating group) is 1. The average molecular weight is 425 g/mol. The Bertz CT molecular complexity index is 784. The fourth-order valence-electron chi connectivity index (χ4n) is 2.52. The van der Waals surface area contributed by atoms with Crippen LogP contribution in [0.15, 0.2) is 48.5 Å². The second kappa shape index (κ2) is 10.6. The molecule has 0 aliphatic rings. The van der Waals surface area contributed by atoms with Crippen molar-refractivity contribution in [1.82, 2.24) is 10.2 Å². The summed E-state index contributed by atoms with van der Waals surface area (Å²) in [5.74, 6) is 0.647. The molecule has 4 nitrogen and oxygen atoms in total. The molecule has 1 N–H and O–H groups in total. The average Bonchev–Trinajstić information content (AvgIpc) is 2.67. The quantitative estimate of drug-likeness (QED) is 0.683. The van der Waals surface area contributed by atoms with E-state index in [4.69, 9.17) is 23.2 Å². The molecule has 0 aromatic heterocycles. The van der Waals surface area contributed by atoms with Crippen molar-refractivity contribution in [2.75, 3.05) is 12.8 Å². The lowest BCUT2D eigenvalue weighted by Gasteiger charge is -2.28. The van der Waals surface area contributed by atoms with E-state index in [-0.39, 0.29) is 24.1 Å². The number of halogens is 2. The monoisotopic (exact) mass is 424 g/mol. The van der Waals surface area contributed by atoms with E-state index in [1.54, 1.807) is 24.9 Å². The molecule has 7 heteroatoms. The highest BCUT2D eigenvalue weighted by atomic mass is 35.5. The van der Waals surface area contributed by atoms with E-state index >= 15 is 0 Å². The molecule has 144 valence electrons. The largest absolute Gasteiger partial charge is 0.357 e. The van der Waals surface area contributed by atoms with Crippen molar-refractivity contribution in [3.63, 3.8) is 0 Å². The van der Waals surface area contributed by atoms with Crippen LogP contribution in [0.3, 0.4) is 0 Å². The lowest BCUT2D eigenvalue weighted by Crippen LogP contribution is -2.47. The number of thioether (sulfide) groups is 1. The van der Waals surface area contributed by atoms with E-state index in [2.05, 4.69) is 5.32 Å². The Balaban J connectivity index is 2.04. The number of nitrogens with one attached hydrogen (secondary N) is 1. The summed E-state index contributed by atoms with van der Waals surface area (Å²) in [6.45, 7) is 2.01. The smallest absolute Gasteiger partial charge is 0.242 e. The minimum absolute atomic E-state index is 0.106. The topological polar surface area (TPSA) is 49.4 Å².